The maximum Gasteiger partial charge on any atom is 0.494 e. The normalized spacial score (nSPS) is 23.6. The van der Waals surface area contributed by atoms with Crippen molar-refractivity contribution in [2.45, 2.75) is 83.4 Å². The molecular formula is C32H34B2O7. The predicted octanol–water partition coefficient (Wildman–Crippen LogP) is 4.85. The summed E-state index contributed by atoms with van der Waals surface area (Å²) in [5, 5.41) is 0. The van der Waals surface area contributed by atoms with Crippen molar-refractivity contribution >= 4 is 31.1 Å². The molecule has 4 aliphatic rings. The Labute approximate surface area is 241 Å². The molecule has 0 bridgehead atoms. The average molecular weight is 552 g/mol. The summed E-state index contributed by atoms with van der Waals surface area (Å²) >= 11 is 0. The molecular weight excluding hydrogens is 518 g/mol. The van der Waals surface area contributed by atoms with E-state index in [-0.39, 0.29) is 5.97 Å². The van der Waals surface area contributed by atoms with Gasteiger partial charge in [-0.2, -0.15) is 0 Å². The van der Waals surface area contributed by atoms with Crippen LogP contribution in [0.5, 0.6) is 11.5 Å². The van der Waals surface area contributed by atoms with E-state index in [4.69, 9.17) is 28.1 Å². The lowest BCUT2D eigenvalue weighted by molar-refractivity contribution is 0.00578. The summed E-state index contributed by atoms with van der Waals surface area (Å²) < 4.78 is 38.3. The third-order valence-electron chi connectivity index (χ3n) is 9.81. The Morgan fingerprint density at radius 3 is 1.46 bits per heavy atom. The molecule has 9 heteroatoms. The lowest BCUT2D eigenvalue weighted by atomic mass is 9.72. The Hall–Kier alpha value is -3.10. The minimum atomic E-state index is -1.17. The van der Waals surface area contributed by atoms with Gasteiger partial charge in [0.1, 0.15) is 11.5 Å². The van der Waals surface area contributed by atoms with Gasteiger partial charge in [-0.3, -0.25) is 0 Å². The second kappa shape index (κ2) is 8.26. The van der Waals surface area contributed by atoms with E-state index < -0.39 is 42.2 Å². The van der Waals surface area contributed by atoms with Gasteiger partial charge in [0.2, 0.25) is 0 Å². The summed E-state index contributed by atoms with van der Waals surface area (Å²) in [5.41, 5.74) is 1.33. The molecule has 1 spiro atoms. The first-order chi connectivity index (χ1) is 19.2. The number of carbonyl (C=O) groups excluding carboxylic acids is 1. The molecule has 0 N–H and O–H groups in total. The minimum Gasteiger partial charge on any atom is -0.456 e. The van der Waals surface area contributed by atoms with E-state index in [2.05, 4.69) is 0 Å². The van der Waals surface area contributed by atoms with Crippen molar-refractivity contribution in [2.24, 2.45) is 0 Å². The summed E-state index contributed by atoms with van der Waals surface area (Å²) in [5.74, 6) is 0.769. The van der Waals surface area contributed by atoms with Gasteiger partial charge in [-0.05, 0) is 84.5 Å². The van der Waals surface area contributed by atoms with Crippen molar-refractivity contribution in [3.63, 3.8) is 0 Å². The lowest BCUT2D eigenvalue weighted by Gasteiger charge is -2.37. The van der Waals surface area contributed by atoms with Gasteiger partial charge < -0.3 is 28.1 Å². The summed E-state index contributed by atoms with van der Waals surface area (Å²) in [7, 11) is -1.14. The highest BCUT2D eigenvalue weighted by atomic mass is 16.7. The Bertz CT molecular complexity index is 1490. The van der Waals surface area contributed by atoms with Crippen LogP contribution in [0.1, 0.15) is 82.4 Å². The summed E-state index contributed by atoms with van der Waals surface area (Å²) in [6.45, 7) is 16.2. The van der Waals surface area contributed by atoms with Gasteiger partial charge in [0.25, 0.3) is 0 Å². The van der Waals surface area contributed by atoms with Crippen LogP contribution in [0.3, 0.4) is 0 Å². The fourth-order valence-corrected chi connectivity index (χ4v) is 5.96. The maximum atomic E-state index is 13.3. The van der Waals surface area contributed by atoms with Gasteiger partial charge in [-0.15, -0.1) is 0 Å². The lowest BCUT2D eigenvalue weighted by Crippen LogP contribution is -2.41. The average Bonchev–Trinajstić information content (AvgIpc) is 3.41. The largest absolute Gasteiger partial charge is 0.494 e. The molecule has 41 heavy (non-hydrogen) atoms. The molecule has 7 nitrogen and oxygen atoms in total. The topological polar surface area (TPSA) is 72.5 Å². The van der Waals surface area contributed by atoms with E-state index in [0.29, 0.717) is 17.1 Å². The van der Waals surface area contributed by atoms with Crippen LogP contribution < -0.4 is 15.7 Å². The van der Waals surface area contributed by atoms with Crippen LogP contribution in [0.25, 0.3) is 0 Å². The molecule has 0 unspecified atom stereocenters. The molecule has 0 aromatic heterocycles. The summed E-state index contributed by atoms with van der Waals surface area (Å²) in [6, 6.07) is 19.2. The van der Waals surface area contributed by atoms with E-state index in [0.717, 1.165) is 27.6 Å². The highest BCUT2D eigenvalue weighted by molar-refractivity contribution is 6.62. The van der Waals surface area contributed by atoms with E-state index in [1.165, 1.54) is 0 Å². The van der Waals surface area contributed by atoms with Gasteiger partial charge in [-0.1, -0.05) is 42.5 Å². The molecule has 2 saturated heterocycles. The van der Waals surface area contributed by atoms with Crippen LogP contribution in [0.15, 0.2) is 60.7 Å². The van der Waals surface area contributed by atoms with Gasteiger partial charge in [0.05, 0.1) is 28.0 Å². The van der Waals surface area contributed by atoms with Crippen molar-refractivity contribution < 1.29 is 32.9 Å². The SMILES string of the molecule is CC1(C)OB(c2ccc3c(c2)Oc2cc(B4OC(C)(C)C(C)(C)O4)ccc2C32OC(=O)c3ccccc32)OC1(C)C. The molecule has 0 amide bonds. The Balaban J connectivity index is 1.37. The molecule has 2 fully saturated rings. The maximum absolute atomic E-state index is 13.3. The molecule has 0 aliphatic carbocycles. The third-order valence-corrected chi connectivity index (χ3v) is 9.81. The van der Waals surface area contributed by atoms with E-state index >= 15 is 0 Å². The van der Waals surface area contributed by atoms with E-state index in [1.54, 1.807) is 6.07 Å². The second-order valence-corrected chi connectivity index (χ2v) is 13.4. The van der Waals surface area contributed by atoms with Crippen LogP contribution >= 0.6 is 0 Å². The zero-order chi connectivity index (χ0) is 29.2. The minimum absolute atomic E-state index is 0.371. The number of benzene rings is 3. The number of fused-ring (bicyclic) bond motifs is 6. The van der Waals surface area contributed by atoms with Gasteiger partial charge in [-0.25, -0.2) is 4.79 Å². The zero-order valence-electron chi connectivity index (χ0n) is 24.8. The number of hydrogen-bond acceptors (Lipinski definition) is 7. The first kappa shape index (κ1) is 26.8. The van der Waals surface area contributed by atoms with Crippen LogP contribution in [0.4, 0.5) is 0 Å². The quantitative estimate of drug-likeness (QED) is 0.333. The molecule has 3 aromatic rings. The number of carbonyl (C=O) groups is 1. The number of ether oxygens (including phenoxy) is 2. The molecule has 0 radical (unpaired) electrons. The van der Waals surface area contributed by atoms with Crippen LogP contribution in [0.2, 0.25) is 0 Å². The van der Waals surface area contributed by atoms with Crippen molar-refractivity contribution in [3.8, 4) is 11.5 Å². The standard InChI is InChI=1S/C32H34B2O7/c1-28(2)29(3,4)39-33(38-28)19-13-15-23-25(17-19)36-26-18-20(34-40-30(5,6)31(7,8)41-34)14-16-24(26)32(23)22-12-10-9-11-21(22)27(35)37-32/h9-18H,1-8H3. The Kier molecular flexibility index (Phi) is 5.39. The monoisotopic (exact) mass is 552 g/mol. The first-order valence-electron chi connectivity index (χ1n) is 14.2. The number of esters is 1. The summed E-state index contributed by atoms with van der Waals surface area (Å²) in [6.07, 6.45) is 0. The highest BCUT2D eigenvalue weighted by Gasteiger charge is 2.56. The van der Waals surface area contributed by atoms with Crippen LogP contribution in [-0.2, 0) is 29.0 Å². The molecule has 210 valence electrons. The number of hydrogen-bond donors (Lipinski definition) is 0. The van der Waals surface area contributed by atoms with Gasteiger partial charge >= 0.3 is 20.2 Å². The first-order valence-corrected chi connectivity index (χ1v) is 14.2. The molecule has 4 heterocycles. The highest BCUT2D eigenvalue weighted by Crippen LogP contribution is 2.55. The van der Waals surface area contributed by atoms with Crippen molar-refractivity contribution in [1.82, 2.24) is 0 Å². The second-order valence-electron chi connectivity index (χ2n) is 13.4. The van der Waals surface area contributed by atoms with Crippen molar-refractivity contribution in [3.05, 3.63) is 82.9 Å². The zero-order valence-corrected chi connectivity index (χ0v) is 24.8. The van der Waals surface area contributed by atoms with Crippen LogP contribution in [0, 0.1) is 0 Å². The van der Waals surface area contributed by atoms with Crippen molar-refractivity contribution in [2.75, 3.05) is 0 Å². The fourth-order valence-electron chi connectivity index (χ4n) is 5.96. The van der Waals surface area contributed by atoms with Gasteiger partial charge in [0.15, 0.2) is 5.60 Å². The smallest absolute Gasteiger partial charge is 0.456 e. The summed E-state index contributed by atoms with van der Waals surface area (Å²) in [4.78, 5) is 13.3. The molecule has 7 rings (SSSR count). The predicted molar refractivity (Wildman–Crippen MR) is 156 cm³/mol. The molecule has 0 atom stereocenters. The van der Waals surface area contributed by atoms with Crippen LogP contribution in [-0.4, -0.2) is 42.6 Å². The van der Waals surface area contributed by atoms with Crippen molar-refractivity contribution in [1.29, 1.82) is 0 Å². The Morgan fingerprint density at radius 2 is 1.00 bits per heavy atom. The van der Waals surface area contributed by atoms with Gasteiger partial charge in [0, 0.05) is 16.7 Å². The Morgan fingerprint density at radius 1 is 0.561 bits per heavy atom. The fraction of sp³-hybridized carbons (Fsp3) is 0.406. The number of rotatable bonds is 2. The molecule has 4 aliphatic heterocycles. The van der Waals surface area contributed by atoms with E-state index in [1.807, 2.05) is 110 Å². The molecule has 3 aromatic carbocycles. The third kappa shape index (κ3) is 3.65. The molecule has 0 saturated carbocycles. The van der Waals surface area contributed by atoms with E-state index in [9.17, 15) is 4.79 Å².